The molecule has 1 aromatic heterocycles. The van der Waals surface area contributed by atoms with Crippen molar-refractivity contribution < 1.29 is 9.47 Å². The second kappa shape index (κ2) is 7.38. The molecule has 2 N–H and O–H groups in total. The van der Waals surface area contributed by atoms with Gasteiger partial charge in [0, 0.05) is 18.1 Å². The van der Waals surface area contributed by atoms with Crippen LogP contribution in [0.3, 0.4) is 0 Å². The van der Waals surface area contributed by atoms with Gasteiger partial charge in [-0.3, -0.25) is 4.98 Å². The lowest BCUT2D eigenvalue weighted by Gasteiger charge is -2.11. The molecule has 0 aliphatic heterocycles. The van der Waals surface area contributed by atoms with E-state index in [0.29, 0.717) is 13.2 Å². The van der Waals surface area contributed by atoms with Crippen molar-refractivity contribution in [2.75, 3.05) is 18.9 Å². The lowest BCUT2D eigenvalue weighted by atomic mass is 10.1. The first-order valence-corrected chi connectivity index (χ1v) is 6.84. The number of nitrogens with two attached hydrogens (primary N) is 1. The molecule has 0 radical (unpaired) electrons. The Morgan fingerprint density at radius 3 is 2.55 bits per heavy atom. The summed E-state index contributed by atoms with van der Waals surface area (Å²) in [4.78, 5) is 4.08. The van der Waals surface area contributed by atoms with Gasteiger partial charge in [-0.05, 0) is 43.5 Å². The Morgan fingerprint density at radius 1 is 1.10 bits per heavy atom. The van der Waals surface area contributed by atoms with E-state index in [0.717, 1.165) is 35.6 Å². The van der Waals surface area contributed by atoms with Crippen LogP contribution < -0.4 is 15.2 Å². The predicted octanol–water partition coefficient (Wildman–Crippen LogP) is 3.07. The minimum absolute atomic E-state index is 0.623. The number of aryl methyl sites for hydroxylation is 1. The molecule has 1 heterocycles. The maximum atomic E-state index is 5.88. The van der Waals surface area contributed by atoms with Crippen LogP contribution in [-0.2, 0) is 6.42 Å². The number of rotatable bonds is 7. The molecular formula is C16H20N2O2. The lowest BCUT2D eigenvalue weighted by molar-refractivity contribution is 0.273. The van der Waals surface area contributed by atoms with E-state index in [1.165, 1.54) is 0 Å². The number of nitrogen functional groups attached to an aromatic ring is 1. The Bertz CT molecular complexity index is 544. The highest BCUT2D eigenvalue weighted by molar-refractivity contribution is 5.44. The number of benzene rings is 1. The van der Waals surface area contributed by atoms with Crippen LogP contribution >= 0.6 is 0 Å². The van der Waals surface area contributed by atoms with Crippen LogP contribution in [0.25, 0.3) is 0 Å². The molecule has 4 heteroatoms. The summed E-state index contributed by atoms with van der Waals surface area (Å²) in [7, 11) is 0. The summed E-state index contributed by atoms with van der Waals surface area (Å²) in [5.41, 5.74) is 7.73. The number of aromatic nitrogens is 1. The molecule has 4 nitrogen and oxygen atoms in total. The molecule has 20 heavy (non-hydrogen) atoms. The zero-order valence-electron chi connectivity index (χ0n) is 11.7. The lowest BCUT2D eigenvalue weighted by Crippen LogP contribution is -2.03. The number of nitrogens with zero attached hydrogens (tertiary/aromatic N) is 1. The molecule has 2 rings (SSSR count). The molecule has 0 saturated heterocycles. The first kappa shape index (κ1) is 14.2. The Kier molecular flexibility index (Phi) is 5.24. The van der Waals surface area contributed by atoms with E-state index in [1.54, 1.807) is 6.20 Å². The van der Waals surface area contributed by atoms with Gasteiger partial charge in [-0.15, -0.1) is 0 Å². The molecule has 0 atom stereocenters. The highest BCUT2D eigenvalue weighted by Crippen LogP contribution is 2.26. The van der Waals surface area contributed by atoms with Crippen molar-refractivity contribution in [2.45, 2.75) is 19.8 Å². The summed E-state index contributed by atoms with van der Waals surface area (Å²) in [6.07, 6.45) is 5.25. The minimum Gasteiger partial charge on any atom is -0.490 e. The van der Waals surface area contributed by atoms with Gasteiger partial charge in [0.15, 0.2) is 11.5 Å². The molecule has 0 aliphatic rings. The highest BCUT2D eigenvalue weighted by atomic mass is 16.5. The molecule has 0 spiro atoms. The SMILES string of the molecule is CCOc1ccccc1OCCCc1cnccc1N. The van der Waals surface area contributed by atoms with E-state index in [-0.39, 0.29) is 0 Å². The molecule has 0 unspecified atom stereocenters. The topological polar surface area (TPSA) is 57.4 Å². The van der Waals surface area contributed by atoms with Crippen LogP contribution in [0.4, 0.5) is 5.69 Å². The predicted molar refractivity (Wildman–Crippen MR) is 80.1 cm³/mol. The van der Waals surface area contributed by atoms with Crippen molar-refractivity contribution >= 4 is 5.69 Å². The van der Waals surface area contributed by atoms with Crippen LogP contribution in [0.1, 0.15) is 18.9 Å². The molecule has 106 valence electrons. The van der Waals surface area contributed by atoms with Crippen molar-refractivity contribution in [3.8, 4) is 11.5 Å². The van der Waals surface area contributed by atoms with Gasteiger partial charge in [-0.25, -0.2) is 0 Å². The van der Waals surface area contributed by atoms with Gasteiger partial charge in [0.05, 0.1) is 13.2 Å². The number of hydrogen-bond donors (Lipinski definition) is 1. The molecule has 0 aliphatic carbocycles. The molecule has 1 aromatic carbocycles. The highest BCUT2D eigenvalue weighted by Gasteiger charge is 2.04. The van der Waals surface area contributed by atoms with Gasteiger partial charge < -0.3 is 15.2 Å². The normalized spacial score (nSPS) is 10.2. The van der Waals surface area contributed by atoms with E-state index in [9.17, 15) is 0 Å². The van der Waals surface area contributed by atoms with Gasteiger partial charge in [-0.1, -0.05) is 12.1 Å². The number of hydrogen-bond acceptors (Lipinski definition) is 4. The molecular weight excluding hydrogens is 252 g/mol. The summed E-state index contributed by atoms with van der Waals surface area (Å²) < 4.78 is 11.3. The Hall–Kier alpha value is -2.23. The van der Waals surface area contributed by atoms with Crippen LogP contribution in [0.5, 0.6) is 11.5 Å². The first-order valence-electron chi connectivity index (χ1n) is 6.84. The number of anilines is 1. The fourth-order valence-electron chi connectivity index (χ4n) is 1.94. The van der Waals surface area contributed by atoms with E-state index in [1.807, 2.05) is 43.5 Å². The van der Waals surface area contributed by atoms with E-state index >= 15 is 0 Å². The van der Waals surface area contributed by atoms with Gasteiger partial charge in [0.1, 0.15) is 0 Å². The van der Waals surface area contributed by atoms with E-state index in [4.69, 9.17) is 15.2 Å². The van der Waals surface area contributed by atoms with Crippen LogP contribution in [0.2, 0.25) is 0 Å². The van der Waals surface area contributed by atoms with Crippen molar-refractivity contribution in [3.63, 3.8) is 0 Å². The van der Waals surface area contributed by atoms with Crippen molar-refractivity contribution in [1.29, 1.82) is 0 Å². The average molecular weight is 272 g/mol. The number of ether oxygens (including phenoxy) is 2. The fourth-order valence-corrected chi connectivity index (χ4v) is 1.94. The quantitative estimate of drug-likeness (QED) is 0.787. The largest absolute Gasteiger partial charge is 0.490 e. The van der Waals surface area contributed by atoms with Crippen molar-refractivity contribution in [2.24, 2.45) is 0 Å². The van der Waals surface area contributed by atoms with Crippen LogP contribution in [-0.4, -0.2) is 18.2 Å². The second-order valence-electron chi connectivity index (χ2n) is 4.41. The van der Waals surface area contributed by atoms with E-state index < -0.39 is 0 Å². The standard InChI is InChI=1S/C16H20N2O2/c1-2-19-15-7-3-4-8-16(15)20-11-5-6-13-12-18-10-9-14(13)17/h3-4,7-10,12H,2,5-6,11H2,1H3,(H2,17,18). The molecule has 0 amide bonds. The molecule has 0 fully saturated rings. The van der Waals surface area contributed by atoms with Crippen LogP contribution in [0.15, 0.2) is 42.7 Å². The number of para-hydroxylation sites is 2. The third kappa shape index (κ3) is 3.88. The third-order valence-corrected chi connectivity index (χ3v) is 2.94. The third-order valence-electron chi connectivity index (χ3n) is 2.94. The molecule has 0 bridgehead atoms. The maximum absolute atomic E-state index is 5.88. The van der Waals surface area contributed by atoms with Gasteiger partial charge in [-0.2, -0.15) is 0 Å². The molecule has 2 aromatic rings. The minimum atomic E-state index is 0.623. The first-order chi connectivity index (χ1) is 9.81. The van der Waals surface area contributed by atoms with E-state index in [2.05, 4.69) is 4.98 Å². The Morgan fingerprint density at radius 2 is 1.85 bits per heavy atom. The zero-order chi connectivity index (χ0) is 14.2. The fraction of sp³-hybridized carbons (Fsp3) is 0.312. The van der Waals surface area contributed by atoms with Gasteiger partial charge in [0.2, 0.25) is 0 Å². The van der Waals surface area contributed by atoms with Crippen LogP contribution in [0, 0.1) is 0 Å². The average Bonchev–Trinajstić information content (AvgIpc) is 2.47. The maximum Gasteiger partial charge on any atom is 0.161 e. The van der Waals surface area contributed by atoms with Gasteiger partial charge >= 0.3 is 0 Å². The summed E-state index contributed by atoms with van der Waals surface area (Å²) in [5.74, 6) is 1.57. The van der Waals surface area contributed by atoms with Crippen molar-refractivity contribution in [3.05, 3.63) is 48.3 Å². The zero-order valence-corrected chi connectivity index (χ0v) is 11.7. The summed E-state index contributed by atoms with van der Waals surface area (Å²) in [5, 5.41) is 0. The summed E-state index contributed by atoms with van der Waals surface area (Å²) in [6, 6.07) is 9.53. The molecule has 0 saturated carbocycles. The van der Waals surface area contributed by atoms with Gasteiger partial charge in [0.25, 0.3) is 0 Å². The Labute approximate surface area is 119 Å². The summed E-state index contributed by atoms with van der Waals surface area (Å²) in [6.45, 7) is 3.22. The summed E-state index contributed by atoms with van der Waals surface area (Å²) >= 11 is 0. The van der Waals surface area contributed by atoms with Crippen molar-refractivity contribution in [1.82, 2.24) is 4.98 Å². The monoisotopic (exact) mass is 272 g/mol. The second-order valence-corrected chi connectivity index (χ2v) is 4.41. The number of pyridine rings is 1. The smallest absolute Gasteiger partial charge is 0.161 e. The Balaban J connectivity index is 1.83.